The Balaban J connectivity index is 1.59. The van der Waals surface area contributed by atoms with Gasteiger partial charge in [0, 0.05) is 38.3 Å². The van der Waals surface area contributed by atoms with E-state index < -0.39 is 6.10 Å². The molecule has 6 nitrogen and oxygen atoms in total. The lowest BCUT2D eigenvalue weighted by Gasteiger charge is -2.32. The maximum atomic E-state index is 10.2. The molecule has 0 aromatic carbocycles. The van der Waals surface area contributed by atoms with E-state index in [1.807, 2.05) is 12.1 Å². The molecule has 2 aliphatic rings. The monoisotopic (exact) mass is 315 g/mol. The van der Waals surface area contributed by atoms with Gasteiger partial charge in [-0.05, 0) is 25.3 Å². The van der Waals surface area contributed by atoms with Crippen LogP contribution >= 0.6 is 0 Å². The van der Waals surface area contributed by atoms with Gasteiger partial charge in [-0.25, -0.2) is 9.97 Å². The first-order valence-corrected chi connectivity index (χ1v) is 8.31. The second-order valence-corrected chi connectivity index (χ2v) is 6.14. The summed E-state index contributed by atoms with van der Waals surface area (Å²) < 4.78 is 0. The molecule has 1 saturated heterocycles. The predicted molar refractivity (Wildman–Crippen MR) is 92.7 cm³/mol. The average Bonchev–Trinajstić information content (AvgIpc) is 2.61. The van der Waals surface area contributed by atoms with Crippen molar-refractivity contribution < 1.29 is 5.11 Å². The molecule has 3 N–H and O–H groups in total. The third-order valence-electron chi connectivity index (χ3n) is 4.23. The van der Waals surface area contributed by atoms with Crippen LogP contribution in [0, 0.1) is 0 Å². The van der Waals surface area contributed by atoms with E-state index in [0.29, 0.717) is 12.6 Å². The fourth-order valence-electron chi connectivity index (χ4n) is 2.96. The van der Waals surface area contributed by atoms with E-state index >= 15 is 0 Å². The summed E-state index contributed by atoms with van der Waals surface area (Å²) in [6, 6.07) is 2.41. The van der Waals surface area contributed by atoms with E-state index in [1.165, 1.54) is 0 Å². The number of nitrogens with one attached hydrogen (secondary N) is 2. The molecule has 1 unspecified atom stereocenters. The molecule has 1 fully saturated rings. The molecule has 0 radical (unpaired) electrons. The molecule has 2 atom stereocenters. The van der Waals surface area contributed by atoms with Crippen molar-refractivity contribution >= 4 is 11.6 Å². The highest BCUT2D eigenvalue weighted by Crippen LogP contribution is 2.17. The van der Waals surface area contributed by atoms with Gasteiger partial charge in [-0.1, -0.05) is 18.2 Å². The summed E-state index contributed by atoms with van der Waals surface area (Å²) >= 11 is 0. The molecule has 1 aliphatic carbocycles. The van der Waals surface area contributed by atoms with Crippen LogP contribution in [0.1, 0.15) is 19.8 Å². The Bertz CT molecular complexity index is 586. The van der Waals surface area contributed by atoms with E-state index in [2.05, 4.69) is 44.6 Å². The van der Waals surface area contributed by atoms with Crippen molar-refractivity contribution in [1.82, 2.24) is 15.3 Å². The van der Waals surface area contributed by atoms with Gasteiger partial charge in [0.1, 0.15) is 18.0 Å². The van der Waals surface area contributed by atoms with Gasteiger partial charge >= 0.3 is 0 Å². The number of hydrogen-bond acceptors (Lipinski definition) is 6. The smallest absolute Gasteiger partial charge is 0.134 e. The Morgan fingerprint density at radius 2 is 2.35 bits per heavy atom. The Morgan fingerprint density at radius 3 is 3.13 bits per heavy atom. The minimum atomic E-state index is -0.510. The van der Waals surface area contributed by atoms with Gasteiger partial charge in [-0.15, -0.1) is 0 Å². The molecule has 3 rings (SSSR count). The van der Waals surface area contributed by atoms with E-state index in [1.54, 1.807) is 6.33 Å². The van der Waals surface area contributed by atoms with Gasteiger partial charge < -0.3 is 20.6 Å². The Hall–Kier alpha value is -1.92. The van der Waals surface area contributed by atoms with Crippen molar-refractivity contribution in [3.05, 3.63) is 36.2 Å². The lowest BCUT2D eigenvalue weighted by Crippen LogP contribution is -2.49. The SMILES string of the molecule is CC1CN(c2cc(NC[C@H](O)C3=CCCC=C3)ncn2)CCN1. The maximum Gasteiger partial charge on any atom is 0.134 e. The normalized spacial score (nSPS) is 22.6. The molecule has 124 valence electrons. The molecule has 0 bridgehead atoms. The van der Waals surface area contributed by atoms with Crippen molar-refractivity contribution in [1.29, 1.82) is 0 Å². The molecule has 0 amide bonds. The molecule has 0 spiro atoms. The highest BCUT2D eigenvalue weighted by Gasteiger charge is 2.17. The average molecular weight is 315 g/mol. The van der Waals surface area contributed by atoms with Gasteiger partial charge in [-0.2, -0.15) is 0 Å². The summed E-state index contributed by atoms with van der Waals surface area (Å²) in [5.41, 5.74) is 0.981. The number of aliphatic hydroxyl groups excluding tert-OH is 1. The lowest BCUT2D eigenvalue weighted by molar-refractivity contribution is 0.227. The number of nitrogens with zero attached hydrogens (tertiary/aromatic N) is 3. The minimum Gasteiger partial charge on any atom is -0.387 e. The third kappa shape index (κ3) is 4.30. The first-order chi connectivity index (χ1) is 11.2. The number of hydrogen-bond donors (Lipinski definition) is 3. The second-order valence-electron chi connectivity index (χ2n) is 6.14. The fourth-order valence-corrected chi connectivity index (χ4v) is 2.96. The predicted octanol–water partition coefficient (Wildman–Crippen LogP) is 1.32. The molecule has 0 saturated carbocycles. The van der Waals surface area contributed by atoms with Crippen molar-refractivity contribution in [3.8, 4) is 0 Å². The molecule has 23 heavy (non-hydrogen) atoms. The third-order valence-corrected chi connectivity index (χ3v) is 4.23. The second kappa shape index (κ2) is 7.57. The summed E-state index contributed by atoms with van der Waals surface area (Å²) in [5.74, 6) is 1.68. The number of piperazine rings is 1. The van der Waals surface area contributed by atoms with Gasteiger partial charge in [0.05, 0.1) is 6.10 Å². The summed E-state index contributed by atoms with van der Waals surface area (Å²) in [4.78, 5) is 10.9. The standard InChI is InChI=1S/C17H25N5O/c1-13-11-22(8-7-18-13)17-9-16(20-12-21-17)19-10-15(23)14-5-3-2-4-6-14/h3,5-6,9,12-13,15,18,23H,2,4,7-8,10-11H2,1H3,(H,19,20,21)/t13?,15-/m0/s1. The van der Waals surface area contributed by atoms with Crippen molar-refractivity contribution in [2.24, 2.45) is 0 Å². The van der Waals surface area contributed by atoms with Crippen LogP contribution in [0.5, 0.6) is 0 Å². The van der Waals surface area contributed by atoms with Crippen LogP contribution in [0.4, 0.5) is 11.6 Å². The van der Waals surface area contributed by atoms with Gasteiger partial charge in [0.2, 0.25) is 0 Å². The van der Waals surface area contributed by atoms with Crippen LogP contribution in [0.3, 0.4) is 0 Å². The van der Waals surface area contributed by atoms with Gasteiger partial charge in [-0.3, -0.25) is 0 Å². The highest BCUT2D eigenvalue weighted by molar-refractivity contribution is 5.49. The van der Waals surface area contributed by atoms with Crippen LogP contribution in [-0.4, -0.2) is 53.4 Å². The Morgan fingerprint density at radius 1 is 1.43 bits per heavy atom. The topological polar surface area (TPSA) is 73.3 Å². The molecular formula is C17H25N5O. The number of aliphatic hydroxyl groups is 1. The first-order valence-electron chi connectivity index (χ1n) is 8.31. The quantitative estimate of drug-likeness (QED) is 0.761. The minimum absolute atomic E-state index is 0.449. The molecule has 1 aromatic heterocycles. The summed E-state index contributed by atoms with van der Waals surface area (Å²) in [6.45, 7) is 5.48. The maximum absolute atomic E-state index is 10.2. The fraction of sp³-hybridized carbons (Fsp3) is 0.529. The largest absolute Gasteiger partial charge is 0.387 e. The van der Waals surface area contributed by atoms with E-state index in [4.69, 9.17) is 0 Å². The van der Waals surface area contributed by atoms with Crippen LogP contribution in [0.25, 0.3) is 0 Å². The lowest BCUT2D eigenvalue weighted by atomic mass is 10.0. The van der Waals surface area contributed by atoms with Crippen LogP contribution in [-0.2, 0) is 0 Å². The van der Waals surface area contributed by atoms with Crippen LogP contribution in [0.2, 0.25) is 0 Å². The van der Waals surface area contributed by atoms with Crippen molar-refractivity contribution in [2.75, 3.05) is 36.4 Å². The summed E-state index contributed by atoms with van der Waals surface area (Å²) in [5, 5.41) is 16.9. The first kappa shape index (κ1) is 16.0. The molecule has 2 heterocycles. The summed E-state index contributed by atoms with van der Waals surface area (Å²) in [7, 11) is 0. The Labute approximate surface area is 137 Å². The van der Waals surface area contributed by atoms with Gasteiger partial charge in [0.25, 0.3) is 0 Å². The molecule has 6 heteroatoms. The molecule has 1 aliphatic heterocycles. The zero-order chi connectivity index (χ0) is 16.1. The Kier molecular flexibility index (Phi) is 5.25. The highest BCUT2D eigenvalue weighted by atomic mass is 16.3. The van der Waals surface area contributed by atoms with Gasteiger partial charge in [0.15, 0.2) is 0 Å². The number of anilines is 2. The summed E-state index contributed by atoms with van der Waals surface area (Å²) in [6.07, 6.45) is 9.33. The number of aromatic nitrogens is 2. The zero-order valence-electron chi connectivity index (χ0n) is 13.6. The van der Waals surface area contributed by atoms with Crippen molar-refractivity contribution in [2.45, 2.75) is 31.9 Å². The zero-order valence-corrected chi connectivity index (χ0v) is 13.6. The molecule has 1 aromatic rings. The van der Waals surface area contributed by atoms with Crippen LogP contribution in [0.15, 0.2) is 36.2 Å². The molecular weight excluding hydrogens is 290 g/mol. The van der Waals surface area contributed by atoms with E-state index in [0.717, 1.165) is 49.7 Å². The number of rotatable bonds is 5. The van der Waals surface area contributed by atoms with E-state index in [9.17, 15) is 5.11 Å². The van der Waals surface area contributed by atoms with Crippen LogP contribution < -0.4 is 15.5 Å². The van der Waals surface area contributed by atoms with E-state index in [-0.39, 0.29) is 0 Å². The number of allylic oxidation sites excluding steroid dienone is 2. The van der Waals surface area contributed by atoms with Crippen molar-refractivity contribution in [3.63, 3.8) is 0 Å².